The molecule has 0 atom stereocenters. The summed E-state index contributed by atoms with van der Waals surface area (Å²) in [7, 11) is 0. The maximum atomic E-state index is 11.8. The van der Waals surface area contributed by atoms with Crippen molar-refractivity contribution in [3.05, 3.63) is 0 Å². The molecule has 0 aromatic carbocycles. The van der Waals surface area contributed by atoms with Crippen molar-refractivity contribution in [3.8, 4) is 0 Å². The Balaban J connectivity index is 1.74. The standard InChI is InChI=1S/C12H22N6OS/c1-12(2,3)14-10(19)8-20-11-15-16-17-18(11)7-6-13-9-4-5-9/h9,13H,4-8H2,1-3H3,(H,14,19). The summed E-state index contributed by atoms with van der Waals surface area (Å²) < 4.78 is 1.74. The Bertz CT molecular complexity index is 451. The molecular weight excluding hydrogens is 276 g/mol. The van der Waals surface area contributed by atoms with Gasteiger partial charge in [0, 0.05) is 18.1 Å². The predicted molar refractivity (Wildman–Crippen MR) is 77.5 cm³/mol. The van der Waals surface area contributed by atoms with Crippen LogP contribution in [0.3, 0.4) is 0 Å². The zero-order valence-corrected chi connectivity index (χ0v) is 13.0. The third-order valence-corrected chi connectivity index (χ3v) is 3.64. The predicted octanol–water partition coefficient (Wildman–Crippen LogP) is 0.432. The first-order chi connectivity index (χ1) is 9.44. The minimum atomic E-state index is -0.211. The minimum Gasteiger partial charge on any atom is -0.351 e. The third-order valence-electron chi connectivity index (χ3n) is 2.68. The van der Waals surface area contributed by atoms with Gasteiger partial charge in [0.25, 0.3) is 0 Å². The Morgan fingerprint density at radius 1 is 1.45 bits per heavy atom. The normalized spacial score (nSPS) is 15.3. The maximum absolute atomic E-state index is 11.8. The summed E-state index contributed by atoms with van der Waals surface area (Å²) in [6.45, 7) is 7.47. The van der Waals surface area contributed by atoms with E-state index in [4.69, 9.17) is 0 Å². The summed E-state index contributed by atoms with van der Waals surface area (Å²) in [6, 6.07) is 0.681. The molecule has 1 heterocycles. The van der Waals surface area contributed by atoms with E-state index in [1.807, 2.05) is 20.8 Å². The van der Waals surface area contributed by atoms with E-state index in [1.165, 1.54) is 24.6 Å². The van der Waals surface area contributed by atoms with Gasteiger partial charge in [0.2, 0.25) is 11.1 Å². The van der Waals surface area contributed by atoms with Crippen molar-refractivity contribution >= 4 is 17.7 Å². The number of amides is 1. The van der Waals surface area contributed by atoms with Crippen LogP contribution < -0.4 is 10.6 Å². The number of aromatic nitrogens is 4. The van der Waals surface area contributed by atoms with Crippen molar-refractivity contribution in [1.29, 1.82) is 0 Å². The van der Waals surface area contributed by atoms with Crippen molar-refractivity contribution in [2.24, 2.45) is 0 Å². The number of thioether (sulfide) groups is 1. The minimum absolute atomic E-state index is 0.00634. The molecule has 2 rings (SSSR count). The van der Waals surface area contributed by atoms with E-state index < -0.39 is 0 Å². The van der Waals surface area contributed by atoms with Crippen LogP contribution >= 0.6 is 11.8 Å². The van der Waals surface area contributed by atoms with Gasteiger partial charge in [-0.2, -0.15) is 0 Å². The van der Waals surface area contributed by atoms with Crippen LogP contribution in [0.4, 0.5) is 0 Å². The average Bonchev–Trinajstić information content (AvgIpc) is 3.03. The largest absolute Gasteiger partial charge is 0.351 e. The van der Waals surface area contributed by atoms with Gasteiger partial charge in [-0.3, -0.25) is 4.79 Å². The van der Waals surface area contributed by atoms with E-state index in [0.717, 1.165) is 13.1 Å². The second-order valence-corrected chi connectivity index (χ2v) is 6.94. The quantitative estimate of drug-likeness (QED) is 0.710. The molecule has 112 valence electrons. The fourth-order valence-electron chi connectivity index (χ4n) is 1.69. The van der Waals surface area contributed by atoms with Gasteiger partial charge >= 0.3 is 0 Å². The summed E-state index contributed by atoms with van der Waals surface area (Å²) >= 11 is 1.36. The first kappa shape index (κ1) is 15.2. The SMILES string of the molecule is CC(C)(C)NC(=O)CSc1nnnn1CCNC1CC1. The third kappa shape index (κ3) is 5.46. The molecular formula is C12H22N6OS. The lowest BCUT2D eigenvalue weighted by atomic mass is 10.1. The Kier molecular flexibility index (Phi) is 4.98. The van der Waals surface area contributed by atoms with Crippen molar-refractivity contribution in [2.45, 2.75) is 56.9 Å². The molecule has 0 spiro atoms. The molecule has 0 radical (unpaired) electrons. The average molecular weight is 298 g/mol. The van der Waals surface area contributed by atoms with E-state index in [-0.39, 0.29) is 11.4 Å². The molecule has 1 aliphatic carbocycles. The summed E-state index contributed by atoms with van der Waals surface area (Å²) in [6.07, 6.45) is 2.54. The van der Waals surface area contributed by atoms with Gasteiger partial charge in [0.1, 0.15) is 0 Å². The Morgan fingerprint density at radius 2 is 2.20 bits per heavy atom. The number of rotatable bonds is 7. The van der Waals surface area contributed by atoms with Gasteiger partial charge in [-0.15, -0.1) is 5.10 Å². The molecule has 1 aliphatic rings. The summed E-state index contributed by atoms with van der Waals surface area (Å²) in [5.74, 6) is 0.321. The molecule has 2 N–H and O–H groups in total. The van der Waals surface area contributed by atoms with E-state index >= 15 is 0 Å². The van der Waals surface area contributed by atoms with Crippen LogP contribution in [0, 0.1) is 0 Å². The van der Waals surface area contributed by atoms with Crippen molar-refractivity contribution < 1.29 is 4.79 Å². The van der Waals surface area contributed by atoms with Crippen LogP contribution in [-0.4, -0.2) is 50.0 Å². The highest BCUT2D eigenvalue weighted by molar-refractivity contribution is 7.99. The van der Waals surface area contributed by atoms with Crippen molar-refractivity contribution in [1.82, 2.24) is 30.8 Å². The molecule has 7 nitrogen and oxygen atoms in total. The number of hydrogen-bond acceptors (Lipinski definition) is 6. The molecule has 1 saturated carbocycles. The monoisotopic (exact) mass is 298 g/mol. The van der Waals surface area contributed by atoms with Crippen LogP contribution in [0.1, 0.15) is 33.6 Å². The lowest BCUT2D eigenvalue weighted by Gasteiger charge is -2.20. The first-order valence-corrected chi connectivity index (χ1v) is 7.86. The molecule has 0 unspecified atom stereocenters. The number of nitrogens with zero attached hydrogens (tertiary/aromatic N) is 4. The summed E-state index contributed by atoms with van der Waals surface area (Å²) in [5.41, 5.74) is -0.211. The first-order valence-electron chi connectivity index (χ1n) is 6.87. The van der Waals surface area contributed by atoms with Crippen LogP contribution in [0.15, 0.2) is 5.16 Å². The van der Waals surface area contributed by atoms with E-state index in [9.17, 15) is 4.79 Å². The zero-order chi connectivity index (χ0) is 14.6. The summed E-state index contributed by atoms with van der Waals surface area (Å²) in [5, 5.41) is 18.6. The van der Waals surface area contributed by atoms with Crippen molar-refractivity contribution in [2.75, 3.05) is 12.3 Å². The number of carbonyl (C=O) groups is 1. The molecule has 8 heteroatoms. The van der Waals surface area contributed by atoms with E-state index in [2.05, 4.69) is 26.2 Å². The topological polar surface area (TPSA) is 84.7 Å². The Labute approximate surface area is 123 Å². The van der Waals surface area contributed by atoms with Crippen molar-refractivity contribution in [3.63, 3.8) is 0 Å². The van der Waals surface area contributed by atoms with Gasteiger partial charge in [-0.1, -0.05) is 11.8 Å². The molecule has 0 aliphatic heterocycles. The molecule has 0 saturated heterocycles. The van der Waals surface area contributed by atoms with Crippen LogP contribution in [0.5, 0.6) is 0 Å². The highest BCUT2D eigenvalue weighted by Crippen LogP contribution is 2.18. The van der Waals surface area contributed by atoms with Gasteiger partial charge < -0.3 is 10.6 Å². The Hall–Kier alpha value is -1.15. The second kappa shape index (κ2) is 6.53. The van der Waals surface area contributed by atoms with Crippen LogP contribution in [-0.2, 0) is 11.3 Å². The molecule has 20 heavy (non-hydrogen) atoms. The maximum Gasteiger partial charge on any atom is 0.230 e. The van der Waals surface area contributed by atoms with Crippen LogP contribution in [0.25, 0.3) is 0 Å². The smallest absolute Gasteiger partial charge is 0.230 e. The van der Waals surface area contributed by atoms with Crippen LogP contribution in [0.2, 0.25) is 0 Å². The highest BCUT2D eigenvalue weighted by Gasteiger charge is 2.20. The molecule has 0 bridgehead atoms. The molecule has 1 aromatic rings. The molecule has 1 fully saturated rings. The fraction of sp³-hybridized carbons (Fsp3) is 0.833. The van der Waals surface area contributed by atoms with E-state index in [0.29, 0.717) is 17.0 Å². The number of hydrogen-bond donors (Lipinski definition) is 2. The molecule has 1 amide bonds. The molecule has 1 aromatic heterocycles. The van der Waals surface area contributed by atoms with Gasteiger partial charge in [0.15, 0.2) is 0 Å². The number of tetrazole rings is 1. The number of nitrogens with one attached hydrogen (secondary N) is 2. The number of carbonyl (C=O) groups excluding carboxylic acids is 1. The fourth-order valence-corrected chi connectivity index (χ4v) is 2.39. The lowest BCUT2D eigenvalue weighted by Crippen LogP contribution is -2.41. The summed E-state index contributed by atoms with van der Waals surface area (Å²) in [4.78, 5) is 11.8. The zero-order valence-electron chi connectivity index (χ0n) is 12.2. The lowest BCUT2D eigenvalue weighted by molar-refractivity contribution is -0.119. The second-order valence-electron chi connectivity index (χ2n) is 6.00. The van der Waals surface area contributed by atoms with Gasteiger partial charge in [0.05, 0.1) is 12.3 Å². The van der Waals surface area contributed by atoms with E-state index in [1.54, 1.807) is 4.68 Å². The van der Waals surface area contributed by atoms with Gasteiger partial charge in [-0.05, 0) is 44.0 Å². The van der Waals surface area contributed by atoms with Gasteiger partial charge in [-0.25, -0.2) is 4.68 Å². The highest BCUT2D eigenvalue weighted by atomic mass is 32.2. The Morgan fingerprint density at radius 3 is 2.85 bits per heavy atom.